The van der Waals surface area contributed by atoms with Crippen molar-refractivity contribution in [2.45, 2.75) is 0 Å². The monoisotopic (exact) mass is 263 g/mol. The number of rotatable bonds is 4. The summed E-state index contributed by atoms with van der Waals surface area (Å²) in [6.45, 7) is -0.0439. The average Bonchev–Trinajstić information content (AvgIpc) is 2.73. The summed E-state index contributed by atoms with van der Waals surface area (Å²) in [4.78, 5) is 27.5. The molecule has 0 aliphatic heterocycles. The van der Waals surface area contributed by atoms with Gasteiger partial charge in [0.15, 0.2) is 0 Å². The molecule has 0 saturated heterocycles. The number of pyridine rings is 1. The lowest BCUT2D eigenvalue weighted by molar-refractivity contribution is -0.389. The molecule has 0 radical (unpaired) electrons. The lowest BCUT2D eigenvalue weighted by Gasteiger charge is -2.10. The van der Waals surface area contributed by atoms with Crippen molar-refractivity contribution >= 4 is 23.2 Å². The van der Waals surface area contributed by atoms with Crippen molar-refractivity contribution < 1.29 is 9.72 Å². The Balaban J connectivity index is 2.34. The molecule has 0 unspecified atom stereocenters. The summed E-state index contributed by atoms with van der Waals surface area (Å²) in [6.07, 6.45) is 1.55. The zero-order valence-corrected chi connectivity index (χ0v) is 10.5. The van der Waals surface area contributed by atoms with Gasteiger partial charge in [0, 0.05) is 20.2 Å². The molecule has 8 heteroatoms. The van der Waals surface area contributed by atoms with Crippen LogP contribution in [0.4, 0.5) is 11.6 Å². The molecule has 19 heavy (non-hydrogen) atoms. The quantitative estimate of drug-likeness (QED) is 0.648. The number of nitro groups is 1. The van der Waals surface area contributed by atoms with Crippen molar-refractivity contribution in [1.29, 1.82) is 0 Å². The molecule has 2 rings (SSSR count). The molecule has 0 spiro atoms. The normalized spacial score (nSPS) is 10.4. The van der Waals surface area contributed by atoms with E-state index in [1.165, 1.54) is 9.30 Å². The zero-order chi connectivity index (χ0) is 14.0. The highest BCUT2D eigenvalue weighted by Crippen LogP contribution is 2.24. The van der Waals surface area contributed by atoms with Gasteiger partial charge in [0.05, 0.1) is 12.7 Å². The first-order valence-corrected chi connectivity index (χ1v) is 5.56. The van der Waals surface area contributed by atoms with Crippen LogP contribution in [0, 0.1) is 10.1 Å². The number of carbonyl (C=O) groups excluding carboxylic acids is 1. The second kappa shape index (κ2) is 4.92. The average molecular weight is 263 g/mol. The van der Waals surface area contributed by atoms with Crippen LogP contribution in [-0.2, 0) is 4.79 Å². The highest BCUT2D eigenvalue weighted by atomic mass is 16.6. The molecule has 0 bridgehead atoms. The largest absolute Gasteiger partial charge is 0.372 e. The van der Waals surface area contributed by atoms with Gasteiger partial charge in [-0.2, -0.15) is 9.38 Å². The molecular weight excluding hydrogens is 250 g/mol. The molecule has 0 aliphatic rings. The van der Waals surface area contributed by atoms with Gasteiger partial charge in [0.2, 0.25) is 17.4 Å². The summed E-state index contributed by atoms with van der Waals surface area (Å²) in [5.41, 5.74) is 0.453. The first-order valence-electron chi connectivity index (χ1n) is 5.56. The van der Waals surface area contributed by atoms with Gasteiger partial charge in [0.25, 0.3) is 0 Å². The van der Waals surface area contributed by atoms with E-state index in [9.17, 15) is 14.9 Å². The fraction of sp³-hybridized carbons (Fsp3) is 0.273. The van der Waals surface area contributed by atoms with Crippen LogP contribution in [0.1, 0.15) is 0 Å². The summed E-state index contributed by atoms with van der Waals surface area (Å²) >= 11 is 0. The minimum absolute atomic E-state index is 0.0439. The molecule has 100 valence electrons. The summed E-state index contributed by atoms with van der Waals surface area (Å²) in [6, 6.07) is 5.07. The molecule has 1 amide bonds. The molecule has 0 saturated carbocycles. The third-order valence-electron chi connectivity index (χ3n) is 2.58. The molecular formula is C11H13N5O3. The van der Waals surface area contributed by atoms with Crippen LogP contribution < -0.4 is 5.32 Å². The van der Waals surface area contributed by atoms with Gasteiger partial charge in [-0.25, -0.2) is 0 Å². The molecule has 2 heterocycles. The fourth-order valence-electron chi connectivity index (χ4n) is 1.59. The smallest absolute Gasteiger partial charge is 0.358 e. The molecule has 2 aromatic rings. The number of nitrogens with zero attached hydrogens (tertiary/aromatic N) is 4. The first-order chi connectivity index (χ1) is 9.00. The number of likely N-dealkylation sites (N-methyl/N-ethyl adjacent to an activating group) is 1. The van der Waals surface area contributed by atoms with E-state index in [2.05, 4.69) is 10.3 Å². The maximum absolute atomic E-state index is 11.5. The fourth-order valence-corrected chi connectivity index (χ4v) is 1.59. The third kappa shape index (κ3) is 2.46. The Morgan fingerprint density at radius 2 is 2.26 bits per heavy atom. The van der Waals surface area contributed by atoms with Crippen LogP contribution in [0.5, 0.6) is 0 Å². The van der Waals surface area contributed by atoms with Crippen LogP contribution in [0.25, 0.3) is 5.65 Å². The number of aromatic nitrogens is 2. The van der Waals surface area contributed by atoms with Crippen molar-refractivity contribution in [2.24, 2.45) is 0 Å². The first kappa shape index (κ1) is 12.8. The number of anilines is 1. The molecule has 1 N–H and O–H groups in total. The minimum atomic E-state index is -0.525. The molecule has 8 nitrogen and oxygen atoms in total. The van der Waals surface area contributed by atoms with Crippen molar-refractivity contribution in [3.05, 3.63) is 34.5 Å². The number of imidazole rings is 1. The van der Waals surface area contributed by atoms with E-state index >= 15 is 0 Å². The summed E-state index contributed by atoms with van der Waals surface area (Å²) in [5.74, 6) is -0.278. The second-order valence-corrected chi connectivity index (χ2v) is 4.11. The van der Waals surface area contributed by atoms with Crippen molar-refractivity contribution in [2.75, 3.05) is 26.0 Å². The summed E-state index contributed by atoms with van der Waals surface area (Å²) < 4.78 is 1.36. The number of fused-ring (bicyclic) bond motifs is 1. The Hall–Kier alpha value is -2.64. The van der Waals surface area contributed by atoms with Gasteiger partial charge < -0.3 is 20.3 Å². The maximum Gasteiger partial charge on any atom is 0.372 e. The van der Waals surface area contributed by atoms with Crippen molar-refractivity contribution in [1.82, 2.24) is 14.3 Å². The van der Waals surface area contributed by atoms with Gasteiger partial charge >= 0.3 is 5.82 Å². The van der Waals surface area contributed by atoms with Crippen molar-refractivity contribution in [3.8, 4) is 0 Å². The van der Waals surface area contributed by atoms with Gasteiger partial charge in [-0.05, 0) is 11.0 Å². The molecule has 0 fully saturated rings. The number of hydrogen-bond donors (Lipinski definition) is 1. The van der Waals surface area contributed by atoms with Gasteiger partial charge in [0.1, 0.15) is 0 Å². The van der Waals surface area contributed by atoms with E-state index in [0.717, 1.165) is 0 Å². The predicted octanol–water partition coefficient (Wildman–Crippen LogP) is 0.743. The van der Waals surface area contributed by atoms with Crippen LogP contribution in [0.3, 0.4) is 0 Å². The maximum atomic E-state index is 11.5. The molecule has 2 aromatic heterocycles. The SMILES string of the molecule is CN(C)C(=O)CNc1nc2ccccn2c1[N+](=O)[O-]. The molecule has 0 aliphatic carbocycles. The second-order valence-electron chi connectivity index (χ2n) is 4.11. The molecule has 0 aromatic carbocycles. The highest BCUT2D eigenvalue weighted by molar-refractivity contribution is 5.81. The van der Waals surface area contributed by atoms with E-state index in [4.69, 9.17) is 0 Å². The van der Waals surface area contributed by atoms with Crippen LogP contribution in [-0.4, -0.2) is 45.8 Å². The third-order valence-corrected chi connectivity index (χ3v) is 2.58. The topological polar surface area (TPSA) is 92.8 Å². The van der Waals surface area contributed by atoms with Crippen LogP contribution in [0.15, 0.2) is 24.4 Å². The van der Waals surface area contributed by atoms with Gasteiger partial charge in [-0.1, -0.05) is 6.07 Å². The van der Waals surface area contributed by atoms with Crippen molar-refractivity contribution in [3.63, 3.8) is 0 Å². The summed E-state index contributed by atoms with van der Waals surface area (Å²) in [5, 5.41) is 13.8. The Bertz CT molecular complexity index is 634. The number of amides is 1. The van der Waals surface area contributed by atoms with E-state index in [1.54, 1.807) is 38.5 Å². The predicted molar refractivity (Wildman–Crippen MR) is 69.0 cm³/mol. The van der Waals surface area contributed by atoms with Gasteiger partial charge in [-0.15, -0.1) is 0 Å². The van der Waals surface area contributed by atoms with Crippen LogP contribution in [0.2, 0.25) is 0 Å². The molecule has 0 atom stereocenters. The number of nitrogens with one attached hydrogen (secondary N) is 1. The Morgan fingerprint density at radius 1 is 1.53 bits per heavy atom. The Labute approximate surface area is 108 Å². The standard InChI is InChI=1S/C11H13N5O3/c1-14(2)9(17)7-12-10-11(16(18)19)15-6-4-3-5-8(15)13-10/h3-6,12H,7H2,1-2H3. The van der Waals surface area contributed by atoms with Gasteiger partial charge in [-0.3, -0.25) is 4.79 Å². The Kier molecular flexibility index (Phi) is 3.32. The Morgan fingerprint density at radius 3 is 2.89 bits per heavy atom. The summed E-state index contributed by atoms with van der Waals surface area (Å²) in [7, 11) is 3.23. The zero-order valence-electron chi connectivity index (χ0n) is 10.5. The lowest BCUT2D eigenvalue weighted by Crippen LogP contribution is -2.28. The van der Waals surface area contributed by atoms with Crippen LogP contribution >= 0.6 is 0 Å². The van der Waals surface area contributed by atoms with E-state index in [-0.39, 0.29) is 24.1 Å². The van der Waals surface area contributed by atoms with E-state index < -0.39 is 4.92 Å². The highest BCUT2D eigenvalue weighted by Gasteiger charge is 2.22. The van der Waals surface area contributed by atoms with E-state index in [0.29, 0.717) is 5.65 Å². The number of carbonyl (C=O) groups is 1. The number of hydrogen-bond acceptors (Lipinski definition) is 5. The van der Waals surface area contributed by atoms with E-state index in [1.807, 2.05) is 0 Å². The minimum Gasteiger partial charge on any atom is -0.358 e. The lowest BCUT2D eigenvalue weighted by atomic mass is 10.5.